The summed E-state index contributed by atoms with van der Waals surface area (Å²) < 4.78 is 0. The van der Waals surface area contributed by atoms with E-state index in [9.17, 15) is 4.79 Å². The largest absolute Gasteiger partial charge is 0.394 e. The molecule has 1 atom stereocenters. The lowest BCUT2D eigenvalue weighted by Gasteiger charge is -2.12. The molecule has 0 aromatic heterocycles. The van der Waals surface area contributed by atoms with Gasteiger partial charge in [0, 0.05) is 19.5 Å². The molecule has 0 aromatic rings. The summed E-state index contributed by atoms with van der Waals surface area (Å²) in [5.41, 5.74) is 10.5. The zero-order valence-electron chi connectivity index (χ0n) is 10.5. The maximum atomic E-state index is 10.7. The number of hydrogen-bond donors (Lipinski definition) is 2. The van der Waals surface area contributed by atoms with Crippen molar-refractivity contribution in [3.05, 3.63) is 23.9 Å². The molecule has 0 unspecified atom stereocenters. The highest BCUT2D eigenvalue weighted by molar-refractivity contribution is 5.91. The Morgan fingerprint density at radius 3 is 2.94 bits per heavy atom. The number of amides is 1. The van der Waals surface area contributed by atoms with Crippen LogP contribution in [0.3, 0.4) is 0 Å². The fourth-order valence-electron chi connectivity index (χ4n) is 2.04. The minimum atomic E-state index is -0.594. The number of nitrogens with zero attached hydrogens (tertiary/aromatic N) is 2. The van der Waals surface area contributed by atoms with Crippen LogP contribution in [0, 0.1) is 17.2 Å². The molecule has 1 aliphatic heterocycles. The van der Waals surface area contributed by atoms with Crippen LogP contribution in [0.15, 0.2) is 23.9 Å². The Morgan fingerprint density at radius 1 is 1.50 bits per heavy atom. The quantitative estimate of drug-likeness (QED) is 0.528. The Kier molecular flexibility index (Phi) is 5.95. The maximum Gasteiger partial charge on any atom is 0.264 e. The summed E-state index contributed by atoms with van der Waals surface area (Å²) in [4.78, 5) is 13.0. The zero-order valence-corrected chi connectivity index (χ0v) is 10.5. The first-order valence-corrected chi connectivity index (χ1v) is 6.15. The van der Waals surface area contributed by atoms with Crippen LogP contribution < -0.4 is 11.5 Å². The number of nitrogens with two attached hydrogens (primary N) is 2. The molecule has 1 saturated heterocycles. The summed E-state index contributed by atoms with van der Waals surface area (Å²) >= 11 is 0. The first-order valence-electron chi connectivity index (χ1n) is 6.15. The number of allylic oxidation sites excluding steroid dienone is 3. The number of likely N-dealkylation sites (tertiary alicyclic amines) is 1. The molecule has 18 heavy (non-hydrogen) atoms. The lowest BCUT2D eigenvalue weighted by molar-refractivity contribution is -0.114. The summed E-state index contributed by atoms with van der Waals surface area (Å²) in [6.07, 6.45) is 8.04. The fourth-order valence-corrected chi connectivity index (χ4v) is 2.04. The van der Waals surface area contributed by atoms with Crippen LogP contribution in [0.2, 0.25) is 0 Å². The zero-order chi connectivity index (χ0) is 13.4. The van der Waals surface area contributed by atoms with Gasteiger partial charge in [0.05, 0.1) is 11.8 Å². The smallest absolute Gasteiger partial charge is 0.264 e. The lowest BCUT2D eigenvalue weighted by atomic mass is 10.0. The number of nitriles is 1. The standard InChI is InChI=1S/C13H20N4O/c14-7-3-8-17-9-6-11(10-17)4-1-2-5-12(15)13(16)18/h1-2,5,11H,3-4,6,8-10,15H2,(H2,16,18)/b2-1-,12-5+/t11-/m1/s1. The predicted molar refractivity (Wildman–Crippen MR) is 70.0 cm³/mol. The number of primary amides is 1. The molecular formula is C13H20N4O. The average molecular weight is 248 g/mol. The Balaban J connectivity index is 2.25. The van der Waals surface area contributed by atoms with Crippen LogP contribution in [0.4, 0.5) is 0 Å². The molecule has 0 radical (unpaired) electrons. The van der Waals surface area contributed by atoms with Crippen LogP contribution in [0.25, 0.3) is 0 Å². The molecule has 0 aliphatic carbocycles. The van der Waals surface area contributed by atoms with E-state index in [1.807, 2.05) is 6.08 Å². The van der Waals surface area contributed by atoms with Gasteiger partial charge in [0.15, 0.2) is 0 Å². The van der Waals surface area contributed by atoms with E-state index in [1.165, 1.54) is 6.08 Å². The first kappa shape index (κ1) is 14.3. The molecule has 1 amide bonds. The van der Waals surface area contributed by atoms with Gasteiger partial charge in [-0.1, -0.05) is 12.2 Å². The van der Waals surface area contributed by atoms with Crippen molar-refractivity contribution in [1.29, 1.82) is 5.26 Å². The third kappa shape index (κ3) is 5.02. The molecule has 0 saturated carbocycles. The number of hydrogen-bond acceptors (Lipinski definition) is 4. The van der Waals surface area contributed by atoms with Gasteiger partial charge in [-0.3, -0.25) is 4.79 Å². The van der Waals surface area contributed by atoms with Crippen LogP contribution in [0.5, 0.6) is 0 Å². The van der Waals surface area contributed by atoms with Crippen molar-refractivity contribution in [2.24, 2.45) is 17.4 Å². The van der Waals surface area contributed by atoms with Crippen LogP contribution in [-0.4, -0.2) is 30.4 Å². The van der Waals surface area contributed by atoms with Gasteiger partial charge in [-0.15, -0.1) is 0 Å². The molecule has 0 spiro atoms. The molecule has 1 aliphatic rings. The minimum absolute atomic E-state index is 0.0771. The van der Waals surface area contributed by atoms with Crippen molar-refractivity contribution in [1.82, 2.24) is 4.90 Å². The Hall–Kier alpha value is -1.80. The van der Waals surface area contributed by atoms with Gasteiger partial charge in [-0.25, -0.2) is 0 Å². The molecule has 0 bridgehead atoms. The van der Waals surface area contributed by atoms with E-state index >= 15 is 0 Å². The van der Waals surface area contributed by atoms with E-state index in [-0.39, 0.29) is 5.70 Å². The second-order valence-corrected chi connectivity index (χ2v) is 4.51. The molecule has 1 rings (SSSR count). The molecule has 1 fully saturated rings. The first-order chi connectivity index (χ1) is 8.63. The normalized spacial score (nSPS) is 21.3. The van der Waals surface area contributed by atoms with E-state index in [1.54, 1.807) is 6.08 Å². The van der Waals surface area contributed by atoms with E-state index in [0.29, 0.717) is 12.3 Å². The Morgan fingerprint density at radius 2 is 2.28 bits per heavy atom. The van der Waals surface area contributed by atoms with Gasteiger partial charge in [-0.05, 0) is 31.4 Å². The summed E-state index contributed by atoms with van der Waals surface area (Å²) in [5.74, 6) is 0.0336. The highest BCUT2D eigenvalue weighted by Crippen LogP contribution is 2.19. The molecule has 0 aromatic carbocycles. The van der Waals surface area contributed by atoms with Crippen LogP contribution >= 0.6 is 0 Å². The Labute approximate surface area is 108 Å². The number of carbonyl (C=O) groups excluding carboxylic acids is 1. The third-order valence-corrected chi connectivity index (χ3v) is 3.08. The van der Waals surface area contributed by atoms with Crippen molar-refractivity contribution in [2.75, 3.05) is 19.6 Å². The van der Waals surface area contributed by atoms with Gasteiger partial charge in [0.25, 0.3) is 5.91 Å². The summed E-state index contributed by atoms with van der Waals surface area (Å²) in [5, 5.41) is 8.52. The van der Waals surface area contributed by atoms with Gasteiger partial charge in [-0.2, -0.15) is 5.26 Å². The third-order valence-electron chi connectivity index (χ3n) is 3.08. The maximum absolute atomic E-state index is 10.7. The van der Waals surface area contributed by atoms with E-state index in [2.05, 4.69) is 11.0 Å². The van der Waals surface area contributed by atoms with Crippen molar-refractivity contribution < 1.29 is 4.79 Å². The predicted octanol–water partition coefficient (Wildman–Crippen LogP) is 0.496. The highest BCUT2D eigenvalue weighted by Gasteiger charge is 2.20. The van der Waals surface area contributed by atoms with Gasteiger partial charge in [0.1, 0.15) is 0 Å². The molecule has 5 heteroatoms. The molecule has 4 N–H and O–H groups in total. The minimum Gasteiger partial charge on any atom is -0.394 e. The molecular weight excluding hydrogens is 228 g/mol. The van der Waals surface area contributed by atoms with Crippen molar-refractivity contribution >= 4 is 5.91 Å². The van der Waals surface area contributed by atoms with Crippen molar-refractivity contribution in [3.8, 4) is 6.07 Å². The summed E-state index contributed by atoms with van der Waals surface area (Å²) in [7, 11) is 0. The second kappa shape index (κ2) is 7.51. The van der Waals surface area contributed by atoms with E-state index < -0.39 is 5.91 Å². The number of carbonyl (C=O) groups is 1. The van der Waals surface area contributed by atoms with Gasteiger partial charge >= 0.3 is 0 Å². The lowest BCUT2D eigenvalue weighted by Crippen LogP contribution is -2.21. The fraction of sp³-hybridized carbons (Fsp3) is 0.538. The molecule has 5 nitrogen and oxygen atoms in total. The highest BCUT2D eigenvalue weighted by atomic mass is 16.1. The average Bonchev–Trinajstić information content (AvgIpc) is 2.79. The number of rotatable bonds is 6. The Bertz CT molecular complexity index is 381. The van der Waals surface area contributed by atoms with Crippen LogP contribution in [-0.2, 0) is 4.79 Å². The van der Waals surface area contributed by atoms with Crippen molar-refractivity contribution in [3.63, 3.8) is 0 Å². The van der Waals surface area contributed by atoms with Crippen molar-refractivity contribution in [2.45, 2.75) is 19.3 Å². The summed E-state index contributed by atoms with van der Waals surface area (Å²) in [6, 6.07) is 2.16. The van der Waals surface area contributed by atoms with Gasteiger partial charge in [0.2, 0.25) is 0 Å². The molecule has 98 valence electrons. The summed E-state index contributed by atoms with van der Waals surface area (Å²) in [6.45, 7) is 2.98. The molecule has 1 heterocycles. The second-order valence-electron chi connectivity index (χ2n) is 4.51. The van der Waals surface area contributed by atoms with E-state index in [4.69, 9.17) is 16.7 Å². The van der Waals surface area contributed by atoms with E-state index in [0.717, 1.165) is 32.5 Å². The van der Waals surface area contributed by atoms with Crippen LogP contribution in [0.1, 0.15) is 19.3 Å². The SMILES string of the molecule is N#CCCN1CC[C@@H](C/C=C\C=C(\N)C(N)=O)C1. The topological polar surface area (TPSA) is 96.1 Å². The monoisotopic (exact) mass is 248 g/mol. The van der Waals surface area contributed by atoms with Gasteiger partial charge < -0.3 is 16.4 Å².